The fourth-order valence-electron chi connectivity index (χ4n) is 4.03. The van der Waals surface area contributed by atoms with E-state index in [4.69, 9.17) is 0 Å². The summed E-state index contributed by atoms with van der Waals surface area (Å²) in [6, 6.07) is 16.7. The van der Waals surface area contributed by atoms with Crippen molar-refractivity contribution in [2.75, 3.05) is 37.8 Å². The number of nitrogens with zero attached hydrogens (tertiary/aromatic N) is 2. The maximum atomic E-state index is 12.8. The van der Waals surface area contributed by atoms with Gasteiger partial charge in [0, 0.05) is 19.6 Å². The molecule has 0 aliphatic carbocycles. The van der Waals surface area contributed by atoms with Crippen molar-refractivity contribution < 1.29 is 14.4 Å². The third-order valence-electron chi connectivity index (χ3n) is 5.78. The maximum Gasteiger partial charge on any atom is 0.242 e. The second-order valence-electron chi connectivity index (χ2n) is 8.17. The third-order valence-corrected chi connectivity index (χ3v) is 6.73. The van der Waals surface area contributed by atoms with Crippen molar-refractivity contribution in [3.8, 4) is 11.1 Å². The number of amides is 3. The Morgan fingerprint density at radius 2 is 1.94 bits per heavy atom. The van der Waals surface area contributed by atoms with E-state index in [-0.39, 0.29) is 30.2 Å². The van der Waals surface area contributed by atoms with Crippen molar-refractivity contribution in [3.63, 3.8) is 0 Å². The van der Waals surface area contributed by atoms with Gasteiger partial charge in [-0.15, -0.1) is 11.8 Å². The summed E-state index contributed by atoms with van der Waals surface area (Å²) in [6.07, 6.45) is 0.572. The van der Waals surface area contributed by atoms with E-state index in [0.29, 0.717) is 37.7 Å². The first kappa shape index (κ1) is 21.4. The highest BCUT2D eigenvalue weighted by Gasteiger charge is 2.30. The number of benzene rings is 2. The van der Waals surface area contributed by atoms with Gasteiger partial charge in [-0.1, -0.05) is 54.1 Å². The molecule has 4 rings (SSSR count). The normalized spacial score (nSPS) is 19.3. The summed E-state index contributed by atoms with van der Waals surface area (Å²) in [5.74, 6) is 0.589. The molecule has 6 nitrogen and oxygen atoms in total. The van der Waals surface area contributed by atoms with Gasteiger partial charge in [-0.05, 0) is 30.0 Å². The van der Waals surface area contributed by atoms with Gasteiger partial charge in [-0.2, -0.15) is 0 Å². The Kier molecular flexibility index (Phi) is 6.61. The van der Waals surface area contributed by atoms with E-state index >= 15 is 0 Å². The van der Waals surface area contributed by atoms with Crippen molar-refractivity contribution >= 4 is 29.5 Å². The quantitative estimate of drug-likeness (QED) is 0.780. The first-order valence-corrected chi connectivity index (χ1v) is 11.7. The Hall–Kier alpha value is -2.80. The molecule has 2 fully saturated rings. The zero-order valence-corrected chi connectivity index (χ0v) is 18.5. The first-order valence-electron chi connectivity index (χ1n) is 10.6. The summed E-state index contributed by atoms with van der Waals surface area (Å²) in [5, 5.41) is 2.93. The summed E-state index contributed by atoms with van der Waals surface area (Å²) in [7, 11) is 0. The van der Waals surface area contributed by atoms with Crippen LogP contribution in [0.25, 0.3) is 11.1 Å². The van der Waals surface area contributed by atoms with E-state index < -0.39 is 0 Å². The van der Waals surface area contributed by atoms with Crippen LogP contribution in [0.1, 0.15) is 11.1 Å². The SMILES string of the molecule is Cc1cccc(-c2ccc(C[C@@H]3CN(C(=O)CN4CSCC4=O)CCNC3=O)cc2)c1. The summed E-state index contributed by atoms with van der Waals surface area (Å²) in [4.78, 5) is 40.5. The number of hydrogen-bond acceptors (Lipinski definition) is 4. The lowest BCUT2D eigenvalue weighted by Crippen LogP contribution is -2.43. The Bertz CT molecular complexity index is 976. The molecule has 0 radical (unpaired) electrons. The van der Waals surface area contributed by atoms with Crippen LogP contribution >= 0.6 is 11.8 Å². The second-order valence-corrected chi connectivity index (χ2v) is 9.12. The Morgan fingerprint density at radius 1 is 1.13 bits per heavy atom. The number of aryl methyl sites for hydroxylation is 1. The van der Waals surface area contributed by atoms with Gasteiger partial charge >= 0.3 is 0 Å². The summed E-state index contributed by atoms with van der Waals surface area (Å²) in [6.45, 7) is 3.46. The monoisotopic (exact) mass is 437 g/mol. The lowest BCUT2D eigenvalue weighted by atomic mass is 9.95. The van der Waals surface area contributed by atoms with Gasteiger partial charge < -0.3 is 15.1 Å². The Balaban J connectivity index is 1.42. The zero-order chi connectivity index (χ0) is 21.8. The fourth-order valence-corrected chi connectivity index (χ4v) is 4.93. The highest BCUT2D eigenvalue weighted by molar-refractivity contribution is 8.00. The minimum absolute atomic E-state index is 0.00706. The second kappa shape index (κ2) is 9.56. The number of carbonyl (C=O) groups is 3. The molecule has 2 aliphatic rings. The molecule has 1 N–H and O–H groups in total. The Labute approximate surface area is 187 Å². The minimum Gasteiger partial charge on any atom is -0.354 e. The van der Waals surface area contributed by atoms with Crippen LogP contribution in [0.3, 0.4) is 0 Å². The minimum atomic E-state index is -0.306. The van der Waals surface area contributed by atoms with Crippen molar-refractivity contribution in [2.24, 2.45) is 5.92 Å². The third kappa shape index (κ3) is 5.28. The number of carbonyl (C=O) groups excluding carboxylic acids is 3. The van der Waals surface area contributed by atoms with Crippen molar-refractivity contribution in [2.45, 2.75) is 13.3 Å². The van der Waals surface area contributed by atoms with Gasteiger partial charge in [0.1, 0.15) is 6.54 Å². The van der Waals surface area contributed by atoms with Crippen LogP contribution in [0, 0.1) is 12.8 Å². The number of rotatable bonds is 5. The average Bonchev–Trinajstić information content (AvgIpc) is 3.07. The molecular weight excluding hydrogens is 410 g/mol. The van der Waals surface area contributed by atoms with Crippen molar-refractivity contribution in [1.82, 2.24) is 15.1 Å². The molecule has 0 bridgehead atoms. The average molecular weight is 438 g/mol. The lowest BCUT2D eigenvalue weighted by Gasteiger charge is -2.25. The lowest BCUT2D eigenvalue weighted by molar-refractivity contribution is -0.138. The van der Waals surface area contributed by atoms with E-state index in [1.165, 1.54) is 22.9 Å². The molecule has 162 valence electrons. The van der Waals surface area contributed by atoms with Gasteiger partial charge in [-0.3, -0.25) is 14.4 Å². The van der Waals surface area contributed by atoms with Crippen LogP contribution in [0.5, 0.6) is 0 Å². The molecular formula is C24H27N3O3S. The van der Waals surface area contributed by atoms with Crippen molar-refractivity contribution in [3.05, 3.63) is 59.7 Å². The van der Waals surface area contributed by atoms with E-state index in [0.717, 1.165) is 11.1 Å². The molecule has 0 saturated carbocycles. The molecule has 2 saturated heterocycles. The molecule has 3 amide bonds. The molecule has 1 atom stereocenters. The summed E-state index contributed by atoms with van der Waals surface area (Å²) < 4.78 is 0. The molecule has 0 aromatic heterocycles. The van der Waals surface area contributed by atoms with Gasteiger partial charge in [0.15, 0.2) is 0 Å². The molecule has 7 heteroatoms. The van der Waals surface area contributed by atoms with E-state index in [1.807, 2.05) is 0 Å². The summed E-state index contributed by atoms with van der Waals surface area (Å²) >= 11 is 1.53. The van der Waals surface area contributed by atoms with Gasteiger partial charge in [0.05, 0.1) is 17.5 Å². The van der Waals surface area contributed by atoms with Crippen LogP contribution < -0.4 is 5.32 Å². The summed E-state index contributed by atoms with van der Waals surface area (Å²) in [5.41, 5.74) is 4.60. The highest BCUT2D eigenvalue weighted by atomic mass is 32.2. The van der Waals surface area contributed by atoms with E-state index in [2.05, 4.69) is 60.8 Å². The van der Waals surface area contributed by atoms with Gasteiger partial charge in [0.25, 0.3) is 0 Å². The van der Waals surface area contributed by atoms with Crippen molar-refractivity contribution in [1.29, 1.82) is 0 Å². The first-order chi connectivity index (χ1) is 15.0. The van der Waals surface area contributed by atoms with E-state index in [1.54, 1.807) is 9.80 Å². The van der Waals surface area contributed by atoms with Gasteiger partial charge in [0.2, 0.25) is 17.7 Å². The molecule has 31 heavy (non-hydrogen) atoms. The molecule has 0 spiro atoms. The molecule has 2 heterocycles. The molecule has 2 aliphatic heterocycles. The van der Waals surface area contributed by atoms with Crippen LogP contribution in [-0.4, -0.2) is 65.3 Å². The predicted molar refractivity (Wildman–Crippen MR) is 122 cm³/mol. The molecule has 2 aromatic carbocycles. The highest BCUT2D eigenvalue weighted by Crippen LogP contribution is 2.22. The van der Waals surface area contributed by atoms with Crippen LogP contribution in [-0.2, 0) is 20.8 Å². The number of thioether (sulfide) groups is 1. The smallest absolute Gasteiger partial charge is 0.242 e. The zero-order valence-electron chi connectivity index (χ0n) is 17.7. The van der Waals surface area contributed by atoms with E-state index in [9.17, 15) is 14.4 Å². The standard InChI is InChI=1S/C24H27N3O3S/c1-17-3-2-4-20(11-17)19-7-5-18(6-8-19)12-21-13-26(10-9-25-24(21)30)22(28)14-27-16-31-15-23(27)29/h2-8,11,21H,9-10,12-16H2,1H3,(H,25,30)/t21-/m1/s1. The Morgan fingerprint density at radius 3 is 2.65 bits per heavy atom. The van der Waals surface area contributed by atoms with Crippen LogP contribution in [0.15, 0.2) is 48.5 Å². The number of hydrogen-bond donors (Lipinski definition) is 1. The maximum absolute atomic E-state index is 12.8. The predicted octanol–water partition coefficient (Wildman–Crippen LogP) is 2.31. The number of nitrogens with one attached hydrogen (secondary N) is 1. The van der Waals surface area contributed by atoms with Crippen LogP contribution in [0.2, 0.25) is 0 Å². The van der Waals surface area contributed by atoms with Gasteiger partial charge in [-0.25, -0.2) is 0 Å². The largest absolute Gasteiger partial charge is 0.354 e. The molecule has 0 unspecified atom stereocenters. The fraction of sp³-hybridized carbons (Fsp3) is 0.375. The van der Waals surface area contributed by atoms with Crippen LogP contribution in [0.4, 0.5) is 0 Å². The molecule has 2 aromatic rings. The topological polar surface area (TPSA) is 69.7 Å².